The van der Waals surface area contributed by atoms with Gasteiger partial charge in [-0.3, -0.25) is 14.4 Å². The third-order valence-electron chi connectivity index (χ3n) is 4.09. The Balaban J connectivity index is 2.30. The van der Waals surface area contributed by atoms with Crippen LogP contribution in [0.15, 0.2) is 60.7 Å². The molecule has 27 heavy (non-hydrogen) atoms. The lowest BCUT2D eigenvalue weighted by Crippen LogP contribution is -2.34. The van der Waals surface area contributed by atoms with Gasteiger partial charge in [0.25, 0.3) is 0 Å². The van der Waals surface area contributed by atoms with Crippen LogP contribution in [0.25, 0.3) is 0 Å². The number of rotatable bonds is 8. The highest BCUT2D eigenvalue weighted by molar-refractivity contribution is 5.98. The molecule has 0 aromatic heterocycles. The summed E-state index contributed by atoms with van der Waals surface area (Å²) in [6.07, 6.45) is -0.0719. The summed E-state index contributed by atoms with van der Waals surface area (Å²) in [5.74, 6) is -3.67. The highest BCUT2D eigenvalue weighted by atomic mass is 16.5. The van der Waals surface area contributed by atoms with Gasteiger partial charge < -0.3 is 14.8 Å². The second kappa shape index (κ2) is 10.1. The Morgan fingerprint density at radius 3 is 2.07 bits per heavy atom. The molecule has 142 valence electrons. The molecule has 0 heterocycles. The zero-order valence-electron chi connectivity index (χ0n) is 15.4. The number of methoxy groups -OCH3 is 1. The van der Waals surface area contributed by atoms with Crippen LogP contribution in [0.3, 0.4) is 0 Å². The third kappa shape index (κ3) is 5.67. The van der Waals surface area contributed by atoms with E-state index >= 15 is 0 Å². The number of para-hydroxylation sites is 1. The summed E-state index contributed by atoms with van der Waals surface area (Å²) in [6.45, 7) is 1.79. The maximum Gasteiger partial charge on any atom is 0.320 e. The van der Waals surface area contributed by atoms with Gasteiger partial charge in [-0.25, -0.2) is 0 Å². The lowest BCUT2D eigenvalue weighted by molar-refractivity contribution is -0.161. The molecule has 1 N–H and O–H groups in total. The van der Waals surface area contributed by atoms with Crippen LogP contribution in [-0.2, 0) is 23.9 Å². The summed E-state index contributed by atoms with van der Waals surface area (Å²) >= 11 is 0. The third-order valence-corrected chi connectivity index (χ3v) is 4.09. The quantitative estimate of drug-likeness (QED) is 0.571. The van der Waals surface area contributed by atoms with Crippen molar-refractivity contribution in [2.24, 2.45) is 5.92 Å². The van der Waals surface area contributed by atoms with E-state index in [4.69, 9.17) is 9.47 Å². The number of nitrogens with one attached hydrogen (secondary N) is 1. The van der Waals surface area contributed by atoms with Crippen molar-refractivity contribution in [2.45, 2.75) is 19.3 Å². The monoisotopic (exact) mass is 369 g/mol. The van der Waals surface area contributed by atoms with Crippen LogP contribution in [0.1, 0.15) is 24.8 Å². The lowest BCUT2D eigenvalue weighted by Gasteiger charge is -2.24. The molecule has 0 aliphatic carbocycles. The molecule has 2 aromatic carbocycles. The van der Waals surface area contributed by atoms with Gasteiger partial charge >= 0.3 is 11.9 Å². The average Bonchev–Trinajstić information content (AvgIpc) is 2.69. The Morgan fingerprint density at radius 1 is 0.926 bits per heavy atom. The van der Waals surface area contributed by atoms with Gasteiger partial charge in [0.2, 0.25) is 5.91 Å². The molecule has 0 saturated heterocycles. The molecule has 6 nitrogen and oxygen atoms in total. The van der Waals surface area contributed by atoms with E-state index in [1.807, 2.05) is 12.1 Å². The zero-order chi connectivity index (χ0) is 19.6. The summed E-state index contributed by atoms with van der Waals surface area (Å²) in [4.78, 5) is 37.3. The van der Waals surface area contributed by atoms with E-state index in [0.29, 0.717) is 11.3 Å². The predicted molar refractivity (Wildman–Crippen MR) is 101 cm³/mol. The van der Waals surface area contributed by atoms with Crippen molar-refractivity contribution in [3.63, 3.8) is 0 Å². The number of esters is 2. The van der Waals surface area contributed by atoms with Gasteiger partial charge in [-0.2, -0.15) is 0 Å². The number of anilines is 1. The van der Waals surface area contributed by atoms with Crippen LogP contribution < -0.4 is 5.32 Å². The van der Waals surface area contributed by atoms with E-state index < -0.39 is 23.8 Å². The molecular weight excluding hydrogens is 346 g/mol. The summed E-state index contributed by atoms with van der Waals surface area (Å²) in [7, 11) is 1.21. The number of hydrogen-bond acceptors (Lipinski definition) is 5. The predicted octanol–water partition coefficient (Wildman–Crippen LogP) is 3.15. The number of hydrogen-bond donors (Lipinski definition) is 1. The second-order valence-corrected chi connectivity index (χ2v) is 5.89. The first kappa shape index (κ1) is 20.2. The van der Waals surface area contributed by atoms with Crippen molar-refractivity contribution < 1.29 is 23.9 Å². The summed E-state index contributed by atoms with van der Waals surface area (Å²) < 4.78 is 9.87. The minimum atomic E-state index is -1.22. The molecular formula is C21H23NO5. The standard InChI is InChI=1S/C21H23NO5/c1-3-27-21(25)19(20(24)26-2)17(15-10-6-4-7-11-15)14-18(23)22-16-12-8-5-9-13-16/h4-13,17,19H,3,14H2,1-2H3,(H,22,23). The molecule has 0 bridgehead atoms. The van der Waals surface area contributed by atoms with Crippen LogP contribution in [-0.4, -0.2) is 31.6 Å². The van der Waals surface area contributed by atoms with Gasteiger partial charge in [0, 0.05) is 18.0 Å². The normalized spacial score (nSPS) is 12.5. The highest BCUT2D eigenvalue weighted by Gasteiger charge is 2.39. The van der Waals surface area contributed by atoms with Crippen LogP contribution in [0, 0.1) is 5.92 Å². The topological polar surface area (TPSA) is 81.7 Å². The molecule has 0 fully saturated rings. The minimum Gasteiger partial charge on any atom is -0.468 e. The van der Waals surface area contributed by atoms with Gasteiger partial charge in [-0.05, 0) is 24.6 Å². The van der Waals surface area contributed by atoms with Gasteiger partial charge in [0.1, 0.15) is 0 Å². The average molecular weight is 369 g/mol. The van der Waals surface area contributed by atoms with Gasteiger partial charge in [-0.1, -0.05) is 48.5 Å². The number of carbonyl (C=O) groups excluding carboxylic acids is 3. The van der Waals surface area contributed by atoms with E-state index in [1.54, 1.807) is 55.5 Å². The highest BCUT2D eigenvalue weighted by Crippen LogP contribution is 2.31. The molecule has 2 aromatic rings. The Labute approximate surface area is 158 Å². The molecule has 0 aliphatic rings. The molecule has 2 rings (SSSR count). The Morgan fingerprint density at radius 2 is 1.52 bits per heavy atom. The smallest absolute Gasteiger partial charge is 0.320 e. The van der Waals surface area contributed by atoms with Gasteiger partial charge in [-0.15, -0.1) is 0 Å². The fourth-order valence-corrected chi connectivity index (χ4v) is 2.85. The fourth-order valence-electron chi connectivity index (χ4n) is 2.85. The largest absolute Gasteiger partial charge is 0.468 e. The first-order valence-electron chi connectivity index (χ1n) is 8.71. The summed E-state index contributed by atoms with van der Waals surface area (Å²) in [5.41, 5.74) is 1.32. The van der Waals surface area contributed by atoms with Gasteiger partial charge in [0.05, 0.1) is 13.7 Å². The van der Waals surface area contributed by atoms with Crippen LogP contribution in [0.4, 0.5) is 5.69 Å². The summed E-state index contributed by atoms with van der Waals surface area (Å²) in [5, 5.41) is 2.78. The number of carbonyl (C=O) groups is 3. The minimum absolute atomic E-state index is 0.0719. The molecule has 0 spiro atoms. The number of ether oxygens (including phenoxy) is 2. The molecule has 6 heteroatoms. The first-order valence-corrected chi connectivity index (χ1v) is 8.71. The Hall–Kier alpha value is -3.15. The Kier molecular flexibility index (Phi) is 7.55. The van der Waals surface area contributed by atoms with Crippen LogP contribution in [0.2, 0.25) is 0 Å². The van der Waals surface area contributed by atoms with E-state index in [-0.39, 0.29) is 18.9 Å². The molecule has 0 saturated carbocycles. The molecule has 2 unspecified atom stereocenters. The van der Waals surface area contributed by atoms with Crippen molar-refractivity contribution in [3.05, 3.63) is 66.2 Å². The van der Waals surface area contributed by atoms with E-state index in [9.17, 15) is 14.4 Å². The maximum absolute atomic E-state index is 12.6. The first-order chi connectivity index (χ1) is 13.1. The Bertz CT molecular complexity index is 761. The van der Waals surface area contributed by atoms with E-state index in [0.717, 1.165) is 0 Å². The molecule has 0 aliphatic heterocycles. The zero-order valence-corrected chi connectivity index (χ0v) is 15.4. The van der Waals surface area contributed by atoms with Crippen molar-refractivity contribution >= 4 is 23.5 Å². The lowest BCUT2D eigenvalue weighted by atomic mass is 9.83. The van der Waals surface area contributed by atoms with Crippen molar-refractivity contribution in [2.75, 3.05) is 19.0 Å². The van der Waals surface area contributed by atoms with Crippen LogP contribution in [0.5, 0.6) is 0 Å². The summed E-state index contributed by atoms with van der Waals surface area (Å²) in [6, 6.07) is 17.9. The van der Waals surface area contributed by atoms with Crippen molar-refractivity contribution in [1.29, 1.82) is 0 Å². The van der Waals surface area contributed by atoms with E-state index in [2.05, 4.69) is 5.32 Å². The fraction of sp³-hybridized carbons (Fsp3) is 0.286. The van der Waals surface area contributed by atoms with E-state index in [1.165, 1.54) is 7.11 Å². The molecule has 0 radical (unpaired) electrons. The van der Waals surface area contributed by atoms with Crippen LogP contribution >= 0.6 is 0 Å². The van der Waals surface area contributed by atoms with Crippen molar-refractivity contribution in [1.82, 2.24) is 0 Å². The van der Waals surface area contributed by atoms with Gasteiger partial charge in [0.15, 0.2) is 5.92 Å². The molecule has 1 amide bonds. The SMILES string of the molecule is CCOC(=O)C(C(=O)OC)C(CC(=O)Nc1ccccc1)c1ccccc1. The second-order valence-electron chi connectivity index (χ2n) is 5.89. The maximum atomic E-state index is 12.6. The number of amides is 1. The molecule has 2 atom stereocenters. The number of benzene rings is 2. The van der Waals surface area contributed by atoms with Crippen molar-refractivity contribution in [3.8, 4) is 0 Å².